The van der Waals surface area contributed by atoms with Crippen molar-refractivity contribution in [2.45, 2.75) is 39.2 Å². The summed E-state index contributed by atoms with van der Waals surface area (Å²) in [5, 5.41) is 3.60. The van der Waals surface area contributed by atoms with Crippen LogP contribution in [0.4, 0.5) is 0 Å². The predicted octanol–water partition coefficient (Wildman–Crippen LogP) is 3.18. The van der Waals surface area contributed by atoms with Crippen molar-refractivity contribution in [3.8, 4) is 5.75 Å². The summed E-state index contributed by atoms with van der Waals surface area (Å²) in [6, 6.07) is 4.26. The maximum Gasteiger partial charge on any atom is 0.141 e. The lowest BCUT2D eigenvalue weighted by molar-refractivity contribution is 0.290. The lowest BCUT2D eigenvalue weighted by Crippen LogP contribution is -2.30. The number of methoxy groups -OCH3 is 1. The van der Waals surface area contributed by atoms with E-state index in [1.165, 1.54) is 19.3 Å². The molecule has 3 atom stereocenters. The van der Waals surface area contributed by atoms with Gasteiger partial charge in [0.25, 0.3) is 0 Å². The van der Waals surface area contributed by atoms with Crippen LogP contribution in [-0.4, -0.2) is 18.6 Å². The summed E-state index contributed by atoms with van der Waals surface area (Å²) in [6.07, 6.45) is 5.82. The summed E-state index contributed by atoms with van der Waals surface area (Å²) < 4.78 is 5.46. The second kappa shape index (κ2) is 6.19. The van der Waals surface area contributed by atoms with Gasteiger partial charge in [0.2, 0.25) is 0 Å². The maximum atomic E-state index is 5.46. The van der Waals surface area contributed by atoms with E-state index in [2.05, 4.69) is 24.1 Å². The molecular formula is C15H24N2O. The Labute approximate surface area is 110 Å². The molecule has 3 nitrogen and oxygen atoms in total. The van der Waals surface area contributed by atoms with E-state index in [0.717, 1.165) is 23.9 Å². The molecular weight excluding hydrogens is 224 g/mol. The number of nitrogens with one attached hydrogen (secondary N) is 1. The van der Waals surface area contributed by atoms with Crippen LogP contribution in [-0.2, 0) is 0 Å². The summed E-state index contributed by atoms with van der Waals surface area (Å²) in [7, 11) is 1.72. The normalized spacial score (nSPS) is 25.1. The Kier molecular flexibility index (Phi) is 4.59. The molecule has 0 aromatic carbocycles. The molecule has 0 aliphatic heterocycles. The van der Waals surface area contributed by atoms with Gasteiger partial charge in [-0.1, -0.05) is 26.7 Å². The molecule has 1 fully saturated rings. The molecule has 0 saturated heterocycles. The molecule has 0 bridgehead atoms. The third kappa shape index (κ3) is 2.66. The van der Waals surface area contributed by atoms with Gasteiger partial charge in [-0.3, -0.25) is 4.98 Å². The summed E-state index contributed by atoms with van der Waals surface area (Å²) in [4.78, 5) is 4.56. The summed E-state index contributed by atoms with van der Waals surface area (Å²) in [5.74, 6) is 2.34. The van der Waals surface area contributed by atoms with E-state index in [0.29, 0.717) is 12.0 Å². The lowest BCUT2D eigenvalue weighted by atomic mass is 9.87. The largest absolute Gasteiger partial charge is 0.495 e. The van der Waals surface area contributed by atoms with E-state index in [-0.39, 0.29) is 0 Å². The Morgan fingerprint density at radius 1 is 1.50 bits per heavy atom. The first-order valence-corrected chi connectivity index (χ1v) is 7.00. The van der Waals surface area contributed by atoms with Crippen molar-refractivity contribution in [1.82, 2.24) is 10.3 Å². The molecule has 1 aliphatic carbocycles. The highest BCUT2D eigenvalue weighted by Crippen LogP contribution is 2.41. The highest BCUT2D eigenvalue weighted by molar-refractivity contribution is 5.30. The van der Waals surface area contributed by atoms with Crippen LogP contribution >= 0.6 is 0 Å². The van der Waals surface area contributed by atoms with Crippen molar-refractivity contribution in [2.75, 3.05) is 13.7 Å². The topological polar surface area (TPSA) is 34.2 Å². The van der Waals surface area contributed by atoms with Crippen molar-refractivity contribution >= 4 is 0 Å². The van der Waals surface area contributed by atoms with Crippen LogP contribution in [0.25, 0.3) is 0 Å². The minimum Gasteiger partial charge on any atom is -0.495 e. The minimum absolute atomic E-state index is 0.323. The second-order valence-electron chi connectivity index (χ2n) is 5.20. The van der Waals surface area contributed by atoms with Gasteiger partial charge < -0.3 is 10.1 Å². The number of pyridine rings is 1. The second-order valence-corrected chi connectivity index (χ2v) is 5.20. The number of aromatic nitrogens is 1. The van der Waals surface area contributed by atoms with E-state index in [9.17, 15) is 0 Å². The van der Waals surface area contributed by atoms with E-state index >= 15 is 0 Å². The van der Waals surface area contributed by atoms with Gasteiger partial charge in [0.1, 0.15) is 5.75 Å². The highest BCUT2D eigenvalue weighted by Gasteiger charge is 2.33. The van der Waals surface area contributed by atoms with Crippen LogP contribution in [0.15, 0.2) is 18.3 Å². The molecule has 1 aromatic heterocycles. The molecule has 0 spiro atoms. The number of hydrogen-bond acceptors (Lipinski definition) is 3. The SMILES string of the molecule is CCNC(c1ncccc1OC)C1CCCC1C. The van der Waals surface area contributed by atoms with Gasteiger partial charge in [-0.05, 0) is 36.9 Å². The molecule has 1 N–H and O–H groups in total. The van der Waals surface area contributed by atoms with Crippen LogP contribution in [0, 0.1) is 11.8 Å². The third-order valence-corrected chi connectivity index (χ3v) is 4.09. The minimum atomic E-state index is 0.323. The van der Waals surface area contributed by atoms with Crippen LogP contribution in [0.3, 0.4) is 0 Å². The van der Waals surface area contributed by atoms with Crippen molar-refractivity contribution in [3.05, 3.63) is 24.0 Å². The molecule has 1 heterocycles. The lowest BCUT2D eigenvalue weighted by Gasteiger charge is -2.28. The van der Waals surface area contributed by atoms with Gasteiger partial charge >= 0.3 is 0 Å². The Morgan fingerprint density at radius 2 is 2.33 bits per heavy atom. The van der Waals surface area contributed by atoms with E-state index in [1.807, 2.05) is 18.3 Å². The average molecular weight is 248 g/mol. The fraction of sp³-hybridized carbons (Fsp3) is 0.667. The van der Waals surface area contributed by atoms with Gasteiger partial charge in [-0.15, -0.1) is 0 Å². The first-order chi connectivity index (χ1) is 8.77. The highest BCUT2D eigenvalue weighted by atomic mass is 16.5. The van der Waals surface area contributed by atoms with Gasteiger partial charge in [0, 0.05) is 6.20 Å². The Hall–Kier alpha value is -1.09. The van der Waals surface area contributed by atoms with Gasteiger partial charge in [0.05, 0.1) is 18.8 Å². The van der Waals surface area contributed by atoms with Crippen molar-refractivity contribution in [1.29, 1.82) is 0 Å². The molecule has 0 radical (unpaired) electrons. The van der Waals surface area contributed by atoms with Crippen molar-refractivity contribution in [3.63, 3.8) is 0 Å². The molecule has 1 saturated carbocycles. The zero-order valence-corrected chi connectivity index (χ0v) is 11.6. The van der Waals surface area contributed by atoms with Crippen LogP contribution < -0.4 is 10.1 Å². The Bertz CT molecular complexity index is 381. The Morgan fingerprint density at radius 3 is 2.94 bits per heavy atom. The molecule has 100 valence electrons. The zero-order valence-electron chi connectivity index (χ0n) is 11.6. The molecule has 1 aliphatic rings. The predicted molar refractivity (Wildman–Crippen MR) is 73.7 cm³/mol. The summed E-state index contributed by atoms with van der Waals surface area (Å²) in [5.41, 5.74) is 1.07. The molecule has 0 amide bonds. The van der Waals surface area contributed by atoms with E-state index in [1.54, 1.807) is 7.11 Å². The fourth-order valence-electron chi connectivity index (χ4n) is 3.15. The number of nitrogens with zero attached hydrogens (tertiary/aromatic N) is 1. The Balaban J connectivity index is 2.28. The smallest absolute Gasteiger partial charge is 0.141 e. The molecule has 2 rings (SSSR count). The fourth-order valence-corrected chi connectivity index (χ4v) is 3.15. The average Bonchev–Trinajstić information content (AvgIpc) is 2.82. The van der Waals surface area contributed by atoms with Gasteiger partial charge in [-0.2, -0.15) is 0 Å². The summed E-state index contributed by atoms with van der Waals surface area (Å²) in [6.45, 7) is 5.48. The molecule has 3 unspecified atom stereocenters. The first kappa shape index (κ1) is 13.3. The maximum absolute atomic E-state index is 5.46. The van der Waals surface area contributed by atoms with Crippen LogP contribution in [0.2, 0.25) is 0 Å². The zero-order chi connectivity index (χ0) is 13.0. The quantitative estimate of drug-likeness (QED) is 0.869. The van der Waals surface area contributed by atoms with Crippen LogP contribution in [0.1, 0.15) is 44.8 Å². The number of rotatable bonds is 5. The third-order valence-electron chi connectivity index (χ3n) is 4.09. The monoisotopic (exact) mass is 248 g/mol. The standard InChI is InChI=1S/C15H24N2O/c1-4-16-14(12-8-5-7-11(12)2)15-13(18-3)9-6-10-17-15/h6,9-12,14,16H,4-5,7-8H2,1-3H3. The van der Waals surface area contributed by atoms with Gasteiger partial charge in [0.15, 0.2) is 0 Å². The first-order valence-electron chi connectivity index (χ1n) is 7.00. The number of hydrogen-bond donors (Lipinski definition) is 1. The summed E-state index contributed by atoms with van der Waals surface area (Å²) >= 11 is 0. The van der Waals surface area contributed by atoms with Crippen molar-refractivity contribution in [2.24, 2.45) is 11.8 Å². The van der Waals surface area contributed by atoms with Crippen molar-refractivity contribution < 1.29 is 4.74 Å². The van der Waals surface area contributed by atoms with Gasteiger partial charge in [-0.25, -0.2) is 0 Å². The molecule has 18 heavy (non-hydrogen) atoms. The number of ether oxygens (including phenoxy) is 1. The van der Waals surface area contributed by atoms with Crippen LogP contribution in [0.5, 0.6) is 5.75 Å². The van der Waals surface area contributed by atoms with E-state index in [4.69, 9.17) is 4.74 Å². The molecule has 3 heteroatoms. The van der Waals surface area contributed by atoms with E-state index < -0.39 is 0 Å². The molecule has 1 aromatic rings.